The number of carboxylic acids is 1. The van der Waals surface area contributed by atoms with Crippen molar-refractivity contribution in [3.05, 3.63) is 0 Å². The number of ether oxygens (including phenoxy) is 1. The zero-order valence-corrected chi connectivity index (χ0v) is 12.2. The van der Waals surface area contributed by atoms with E-state index in [1.807, 2.05) is 0 Å². The van der Waals surface area contributed by atoms with Gasteiger partial charge in [-0.1, -0.05) is 0 Å². The van der Waals surface area contributed by atoms with Gasteiger partial charge in [-0.2, -0.15) is 0 Å². The minimum atomic E-state index is -3.69. The molecule has 112 valence electrons. The predicted molar refractivity (Wildman–Crippen MR) is 69.1 cm³/mol. The molecule has 0 rings (SSSR count). The Morgan fingerprint density at radius 3 is 2.21 bits per heavy atom. The van der Waals surface area contributed by atoms with Gasteiger partial charge in [-0.15, -0.1) is 0 Å². The van der Waals surface area contributed by atoms with E-state index in [-0.39, 0.29) is 19.3 Å². The van der Waals surface area contributed by atoms with E-state index in [1.165, 1.54) is 0 Å². The topological polar surface area (TPSA) is 124 Å². The number of carbonyl (C=O) groups excluding carboxylic acids is 1. The van der Waals surface area contributed by atoms with Crippen LogP contribution >= 0.6 is 0 Å². The van der Waals surface area contributed by atoms with Crippen LogP contribution < -0.4 is 5.73 Å². The lowest BCUT2D eigenvalue weighted by Gasteiger charge is -2.19. The van der Waals surface area contributed by atoms with Crippen molar-refractivity contribution in [1.82, 2.24) is 0 Å². The summed E-state index contributed by atoms with van der Waals surface area (Å²) >= 11 is 0. The lowest BCUT2D eigenvalue weighted by atomic mass is 10.2. The number of carboxylic acid groups (broad SMARTS) is 1. The highest BCUT2D eigenvalue weighted by molar-refractivity contribution is 7.91. The number of hydrogen-bond donors (Lipinski definition) is 2. The van der Waals surface area contributed by atoms with Crippen molar-refractivity contribution >= 4 is 21.8 Å². The summed E-state index contributed by atoms with van der Waals surface area (Å²) in [6, 6.07) is 0. The summed E-state index contributed by atoms with van der Waals surface area (Å²) in [7, 11) is -3.69. The first-order chi connectivity index (χ1) is 8.44. The Labute approximate surface area is 113 Å². The first-order valence-corrected chi connectivity index (χ1v) is 7.56. The monoisotopic (exact) mass is 295 g/mol. The number of nitrogens with two attached hydrogens (primary N) is 1. The molecule has 0 heterocycles. The number of carbonyl (C=O) groups is 2. The molecule has 19 heavy (non-hydrogen) atoms. The molecule has 7 nitrogen and oxygen atoms in total. The molecule has 0 aliphatic carbocycles. The van der Waals surface area contributed by atoms with Gasteiger partial charge in [0.15, 0.2) is 9.84 Å². The third kappa shape index (κ3) is 8.55. The van der Waals surface area contributed by atoms with E-state index in [9.17, 15) is 18.0 Å². The Kier molecular flexibility index (Phi) is 6.44. The highest BCUT2D eigenvalue weighted by Gasteiger charge is 2.24. The second kappa shape index (κ2) is 6.85. The summed E-state index contributed by atoms with van der Waals surface area (Å²) in [5.41, 5.74) is 4.74. The molecule has 0 bridgehead atoms. The summed E-state index contributed by atoms with van der Waals surface area (Å²) in [5, 5.41) is 7.18. The molecule has 0 saturated carbocycles. The Balaban J connectivity index is 4.30. The van der Waals surface area contributed by atoms with Gasteiger partial charge in [0.25, 0.3) is 0 Å². The molecule has 0 saturated heterocycles. The first-order valence-electron chi connectivity index (χ1n) is 5.85. The summed E-state index contributed by atoms with van der Waals surface area (Å²) in [6.07, 6.45) is -0.792. The first kappa shape index (κ1) is 17.8. The Morgan fingerprint density at radius 1 is 1.26 bits per heavy atom. The van der Waals surface area contributed by atoms with Gasteiger partial charge in [-0.25, -0.2) is 8.42 Å². The molecule has 0 spiro atoms. The summed E-state index contributed by atoms with van der Waals surface area (Å²) < 4.78 is 28.3. The number of rotatable bonds is 7. The van der Waals surface area contributed by atoms with Crippen LogP contribution in [0.2, 0.25) is 0 Å². The molecule has 0 aromatic heterocycles. The van der Waals surface area contributed by atoms with Gasteiger partial charge in [0.2, 0.25) is 0 Å². The van der Waals surface area contributed by atoms with Crippen molar-refractivity contribution in [1.29, 1.82) is 0 Å². The average Bonchev–Trinajstić information content (AvgIpc) is 2.20. The van der Waals surface area contributed by atoms with E-state index in [2.05, 4.69) is 0 Å². The van der Waals surface area contributed by atoms with Crippen molar-refractivity contribution < 1.29 is 27.9 Å². The minimum absolute atomic E-state index is 0.175. The fourth-order valence-corrected chi connectivity index (χ4v) is 2.45. The van der Waals surface area contributed by atoms with Gasteiger partial charge < -0.3 is 15.6 Å². The smallest absolute Gasteiger partial charge is 0.307 e. The number of esters is 1. The van der Waals surface area contributed by atoms with E-state index in [4.69, 9.17) is 15.6 Å². The van der Waals surface area contributed by atoms with Gasteiger partial charge in [-0.3, -0.25) is 9.59 Å². The van der Waals surface area contributed by atoms with Gasteiger partial charge in [0.1, 0.15) is 11.0 Å². The maximum atomic E-state index is 11.7. The molecule has 1 atom stereocenters. The molecular formula is C11H21NO6S. The van der Waals surface area contributed by atoms with E-state index in [1.54, 1.807) is 20.8 Å². The normalized spacial score (nSPS) is 13.9. The van der Waals surface area contributed by atoms with Gasteiger partial charge in [-0.05, 0) is 27.2 Å². The van der Waals surface area contributed by atoms with Crippen molar-refractivity contribution in [3.8, 4) is 0 Å². The van der Waals surface area contributed by atoms with Gasteiger partial charge >= 0.3 is 11.9 Å². The fourth-order valence-electron chi connectivity index (χ4n) is 1.21. The Hall–Kier alpha value is -1.15. The van der Waals surface area contributed by atoms with Crippen molar-refractivity contribution in [2.45, 2.75) is 51.0 Å². The molecule has 8 heteroatoms. The van der Waals surface area contributed by atoms with E-state index in [0.717, 1.165) is 0 Å². The van der Waals surface area contributed by atoms with Crippen molar-refractivity contribution in [3.63, 3.8) is 0 Å². The molecule has 0 amide bonds. The number of sulfone groups is 1. The number of hydrogen-bond acceptors (Lipinski definition) is 6. The Bertz CT molecular complexity index is 423. The van der Waals surface area contributed by atoms with E-state index in [0.29, 0.717) is 0 Å². The van der Waals surface area contributed by atoms with Crippen molar-refractivity contribution in [2.24, 2.45) is 5.73 Å². The third-order valence-corrected chi connectivity index (χ3v) is 4.05. The lowest BCUT2D eigenvalue weighted by Crippen LogP contribution is -2.34. The molecule has 0 aromatic carbocycles. The SMILES string of the molecule is CC(C)(C)OC(=O)CCS(=O)(=O)C(N)CCC(=O)O. The van der Waals surface area contributed by atoms with Crippen LogP contribution in [-0.4, -0.2) is 42.2 Å². The van der Waals surface area contributed by atoms with Gasteiger partial charge in [0, 0.05) is 6.42 Å². The molecule has 0 aliphatic heterocycles. The molecule has 0 fully saturated rings. The van der Waals surface area contributed by atoms with Crippen LogP contribution in [0.4, 0.5) is 0 Å². The Morgan fingerprint density at radius 2 is 1.79 bits per heavy atom. The summed E-state index contributed by atoms with van der Waals surface area (Å²) in [4.78, 5) is 21.7. The van der Waals surface area contributed by atoms with Gasteiger partial charge in [0.05, 0.1) is 12.2 Å². The van der Waals surface area contributed by atoms with Crippen LogP contribution in [0.1, 0.15) is 40.0 Å². The molecule has 0 radical (unpaired) electrons. The minimum Gasteiger partial charge on any atom is -0.481 e. The second-order valence-electron chi connectivity index (χ2n) is 5.17. The molecule has 3 N–H and O–H groups in total. The van der Waals surface area contributed by atoms with Crippen LogP contribution in [0.3, 0.4) is 0 Å². The van der Waals surface area contributed by atoms with Crippen LogP contribution in [0.25, 0.3) is 0 Å². The largest absolute Gasteiger partial charge is 0.481 e. The second-order valence-corrected chi connectivity index (χ2v) is 7.51. The number of aliphatic carboxylic acids is 1. The quantitative estimate of drug-likeness (QED) is 0.646. The zero-order chi connectivity index (χ0) is 15.3. The standard InChI is InChI=1S/C11H21NO6S/c1-11(2,3)18-10(15)6-7-19(16,17)8(12)4-5-9(13)14/h8H,4-7,12H2,1-3H3,(H,13,14). The predicted octanol–water partition coefficient (Wildman–Crippen LogP) is 0.283. The zero-order valence-electron chi connectivity index (χ0n) is 11.4. The fraction of sp³-hybridized carbons (Fsp3) is 0.818. The third-order valence-electron chi connectivity index (χ3n) is 2.11. The average molecular weight is 295 g/mol. The van der Waals surface area contributed by atoms with E-state index < -0.39 is 38.5 Å². The van der Waals surface area contributed by atoms with Crippen LogP contribution in [-0.2, 0) is 24.2 Å². The van der Waals surface area contributed by atoms with Crippen LogP contribution in [0.15, 0.2) is 0 Å². The molecule has 1 unspecified atom stereocenters. The van der Waals surface area contributed by atoms with Crippen LogP contribution in [0, 0.1) is 0 Å². The molecule has 0 aliphatic rings. The van der Waals surface area contributed by atoms with E-state index >= 15 is 0 Å². The highest BCUT2D eigenvalue weighted by atomic mass is 32.2. The maximum Gasteiger partial charge on any atom is 0.307 e. The van der Waals surface area contributed by atoms with Crippen LogP contribution in [0.5, 0.6) is 0 Å². The maximum absolute atomic E-state index is 11.7. The highest BCUT2D eigenvalue weighted by Crippen LogP contribution is 2.11. The molecular weight excluding hydrogens is 274 g/mol. The summed E-state index contributed by atoms with van der Waals surface area (Å²) in [5.74, 6) is -2.18. The molecule has 0 aromatic rings. The summed E-state index contributed by atoms with van der Waals surface area (Å²) in [6.45, 7) is 5.04. The lowest BCUT2D eigenvalue weighted by molar-refractivity contribution is -0.154. The van der Waals surface area contributed by atoms with Crippen molar-refractivity contribution in [2.75, 3.05) is 5.75 Å².